The van der Waals surface area contributed by atoms with Crippen molar-refractivity contribution in [3.05, 3.63) is 65.7 Å². The number of hydrogen-bond donors (Lipinski definition) is 1. The van der Waals surface area contributed by atoms with Gasteiger partial charge in [0.05, 0.1) is 22.4 Å². The van der Waals surface area contributed by atoms with Crippen molar-refractivity contribution in [3.8, 4) is 11.5 Å². The highest BCUT2D eigenvalue weighted by atomic mass is 16.7. The quantitative estimate of drug-likeness (QED) is 0.416. The van der Waals surface area contributed by atoms with Gasteiger partial charge in [0.25, 0.3) is 0 Å². The van der Waals surface area contributed by atoms with E-state index in [1.165, 1.54) is 5.56 Å². The van der Waals surface area contributed by atoms with E-state index in [-0.39, 0.29) is 0 Å². The Morgan fingerprint density at radius 3 is 2.31 bits per heavy atom. The monoisotopic (exact) mass is 526 g/mol. The van der Waals surface area contributed by atoms with E-state index in [4.69, 9.17) is 18.7 Å². The summed E-state index contributed by atoms with van der Waals surface area (Å²) in [6, 6.07) is 16.7. The molecule has 1 N–H and O–H groups in total. The van der Waals surface area contributed by atoms with Crippen LogP contribution in [0.1, 0.15) is 72.9 Å². The number of benzene rings is 3. The fraction of sp³-hybridized carbons (Fsp3) is 0.438. The summed E-state index contributed by atoms with van der Waals surface area (Å²) in [5.74, 6) is 1.55. The fourth-order valence-corrected chi connectivity index (χ4v) is 4.81. The van der Waals surface area contributed by atoms with E-state index in [9.17, 15) is 5.11 Å². The summed E-state index contributed by atoms with van der Waals surface area (Å²) in [6.07, 6.45) is 6.29. The molecular weight excluding hydrogens is 486 g/mol. The van der Waals surface area contributed by atoms with Gasteiger partial charge in [-0.2, -0.15) is 0 Å². The van der Waals surface area contributed by atoms with Crippen molar-refractivity contribution in [2.75, 3.05) is 0 Å². The van der Waals surface area contributed by atoms with Crippen LogP contribution in [0.2, 0.25) is 0 Å². The first-order chi connectivity index (χ1) is 18.2. The van der Waals surface area contributed by atoms with E-state index in [0.29, 0.717) is 7.48 Å². The van der Waals surface area contributed by atoms with E-state index >= 15 is 0 Å². The van der Waals surface area contributed by atoms with Crippen LogP contribution in [0.25, 0.3) is 16.8 Å². The normalized spacial score (nSPS) is 18.3. The summed E-state index contributed by atoms with van der Waals surface area (Å²) >= 11 is 0. The van der Waals surface area contributed by atoms with Crippen LogP contribution < -0.4 is 15.7 Å². The highest BCUT2D eigenvalue weighted by Crippen LogP contribution is 2.39. The van der Waals surface area contributed by atoms with Crippen molar-refractivity contribution in [1.82, 2.24) is 0 Å². The molecule has 0 aromatic heterocycles. The Morgan fingerprint density at radius 1 is 0.923 bits per heavy atom. The molecule has 0 radical (unpaired) electrons. The van der Waals surface area contributed by atoms with Crippen LogP contribution in [0, 0.1) is 0 Å². The SMILES string of the molecule is CC(C)(O)C(C)(C)OBc1cc(Oc2cc(B3OC(C)(C)C(C)(C)O3)cc3c2C=CCC3)c2ccccc2c1. The molecule has 39 heavy (non-hydrogen) atoms. The van der Waals surface area contributed by atoms with Gasteiger partial charge in [0.2, 0.25) is 0 Å². The van der Waals surface area contributed by atoms with Gasteiger partial charge in [-0.15, -0.1) is 0 Å². The van der Waals surface area contributed by atoms with Gasteiger partial charge in [0, 0.05) is 10.9 Å². The van der Waals surface area contributed by atoms with Crippen LogP contribution >= 0.6 is 0 Å². The van der Waals surface area contributed by atoms with E-state index < -0.39 is 29.5 Å². The molecule has 204 valence electrons. The Kier molecular flexibility index (Phi) is 7.04. The van der Waals surface area contributed by atoms with Crippen molar-refractivity contribution in [2.45, 2.75) is 90.6 Å². The molecule has 0 atom stereocenters. The third-order valence-electron chi connectivity index (χ3n) is 8.82. The minimum Gasteiger partial charge on any atom is -0.456 e. The molecule has 0 bridgehead atoms. The fourth-order valence-electron chi connectivity index (χ4n) is 4.81. The Bertz CT molecular complexity index is 1400. The molecule has 0 unspecified atom stereocenters. The first-order valence-electron chi connectivity index (χ1n) is 13.9. The maximum Gasteiger partial charge on any atom is 0.494 e. The number of fused-ring (bicyclic) bond motifs is 2. The second-order valence-electron chi connectivity index (χ2n) is 12.9. The third kappa shape index (κ3) is 5.43. The van der Waals surface area contributed by atoms with E-state index in [0.717, 1.165) is 51.6 Å². The molecule has 5 nitrogen and oxygen atoms in total. The molecule has 3 aromatic carbocycles. The predicted molar refractivity (Wildman–Crippen MR) is 162 cm³/mol. The Morgan fingerprint density at radius 2 is 1.62 bits per heavy atom. The lowest BCUT2D eigenvalue weighted by Gasteiger charge is -2.37. The summed E-state index contributed by atoms with van der Waals surface area (Å²) in [6.45, 7) is 15.7. The lowest BCUT2D eigenvalue weighted by molar-refractivity contribution is -0.0893. The minimum absolute atomic E-state index is 0.351. The molecule has 1 heterocycles. The van der Waals surface area contributed by atoms with Crippen LogP contribution in [-0.2, 0) is 20.4 Å². The van der Waals surface area contributed by atoms with E-state index in [1.807, 2.05) is 32.0 Å². The third-order valence-corrected chi connectivity index (χ3v) is 8.82. The van der Waals surface area contributed by atoms with Crippen molar-refractivity contribution in [3.63, 3.8) is 0 Å². The van der Waals surface area contributed by atoms with Crippen molar-refractivity contribution >= 4 is 42.4 Å². The Labute approximate surface area is 233 Å². The molecule has 1 fully saturated rings. The summed E-state index contributed by atoms with van der Waals surface area (Å²) in [4.78, 5) is 0. The van der Waals surface area contributed by atoms with Crippen LogP contribution in [0.4, 0.5) is 0 Å². The standard InChI is InChI=1S/C32H40B2O5/c1-29(2,35)30(3,4)37-33-23-17-21-13-9-11-15-25(21)27(19-23)36-28-20-24(18-22-14-10-12-16-26(22)28)34-38-31(5,6)32(7,8)39-34/h9,11-13,15-20,33,35H,10,14H2,1-8H3. The molecule has 7 heteroatoms. The summed E-state index contributed by atoms with van der Waals surface area (Å²) in [5.41, 5.74) is 1.72. The van der Waals surface area contributed by atoms with Gasteiger partial charge < -0.3 is 23.8 Å². The van der Waals surface area contributed by atoms with Gasteiger partial charge in [-0.3, -0.25) is 0 Å². The molecule has 5 rings (SSSR count). The average Bonchev–Trinajstić information content (AvgIpc) is 3.08. The summed E-state index contributed by atoms with van der Waals surface area (Å²) in [5, 5.41) is 12.7. The molecule has 2 aliphatic rings. The van der Waals surface area contributed by atoms with Crippen LogP contribution in [0.3, 0.4) is 0 Å². The molecule has 1 saturated heterocycles. The Balaban J connectivity index is 1.53. The number of rotatable bonds is 7. The first kappa shape index (κ1) is 28.0. The predicted octanol–water partition coefficient (Wildman–Crippen LogP) is 5.43. The van der Waals surface area contributed by atoms with Crippen LogP contribution in [0.5, 0.6) is 11.5 Å². The number of aliphatic hydroxyl groups is 1. The molecule has 0 saturated carbocycles. The zero-order chi connectivity index (χ0) is 28.2. The average molecular weight is 526 g/mol. The van der Waals surface area contributed by atoms with Gasteiger partial charge in [-0.1, -0.05) is 48.6 Å². The summed E-state index contributed by atoms with van der Waals surface area (Å²) in [7, 11) is -0.112. The number of hydrogen-bond acceptors (Lipinski definition) is 5. The van der Waals surface area contributed by atoms with Gasteiger partial charge in [-0.05, 0) is 102 Å². The van der Waals surface area contributed by atoms with Gasteiger partial charge in [0.1, 0.15) is 11.5 Å². The zero-order valence-electron chi connectivity index (χ0n) is 24.6. The molecule has 1 aliphatic heterocycles. The van der Waals surface area contributed by atoms with Crippen molar-refractivity contribution < 1.29 is 23.8 Å². The zero-order valence-corrected chi connectivity index (χ0v) is 24.6. The molecule has 0 spiro atoms. The Hall–Kier alpha value is -2.57. The number of aryl methyl sites for hydroxylation is 1. The number of allylic oxidation sites excluding steroid dienone is 1. The van der Waals surface area contributed by atoms with E-state index in [2.05, 4.69) is 70.2 Å². The lowest BCUT2D eigenvalue weighted by atomic mass is 9.76. The van der Waals surface area contributed by atoms with Gasteiger partial charge >= 0.3 is 14.6 Å². The maximum absolute atomic E-state index is 10.6. The molecular formula is C32H40B2O5. The summed E-state index contributed by atoms with van der Waals surface area (Å²) < 4.78 is 25.8. The lowest BCUT2D eigenvalue weighted by Crippen LogP contribution is -2.49. The van der Waals surface area contributed by atoms with Crippen molar-refractivity contribution in [2.24, 2.45) is 0 Å². The molecule has 1 aliphatic carbocycles. The molecule has 0 amide bonds. The second kappa shape index (κ2) is 9.81. The van der Waals surface area contributed by atoms with Gasteiger partial charge in [0.15, 0.2) is 0 Å². The van der Waals surface area contributed by atoms with Gasteiger partial charge in [-0.25, -0.2) is 0 Å². The first-order valence-corrected chi connectivity index (χ1v) is 13.9. The maximum atomic E-state index is 10.6. The highest BCUT2D eigenvalue weighted by Gasteiger charge is 2.52. The smallest absolute Gasteiger partial charge is 0.456 e. The van der Waals surface area contributed by atoms with Crippen molar-refractivity contribution in [1.29, 1.82) is 0 Å². The van der Waals surface area contributed by atoms with E-state index in [1.54, 1.807) is 13.8 Å². The van der Waals surface area contributed by atoms with Crippen LogP contribution in [-0.4, -0.2) is 42.1 Å². The topological polar surface area (TPSA) is 57.2 Å². The minimum atomic E-state index is -0.984. The molecule has 3 aromatic rings. The largest absolute Gasteiger partial charge is 0.494 e. The number of ether oxygens (including phenoxy) is 1. The highest BCUT2D eigenvalue weighted by molar-refractivity contribution is 6.62. The van der Waals surface area contributed by atoms with Crippen LogP contribution in [0.15, 0.2) is 54.6 Å². The second-order valence-corrected chi connectivity index (χ2v) is 12.9.